The topological polar surface area (TPSA) is 70.2 Å². The summed E-state index contributed by atoms with van der Waals surface area (Å²) in [5.74, 6) is 0.485. The van der Waals surface area contributed by atoms with E-state index < -0.39 is 9.05 Å². The van der Waals surface area contributed by atoms with Gasteiger partial charge in [-0.25, -0.2) is 8.42 Å². The number of rotatable bonds is 2. The molecule has 0 aromatic carbocycles. The number of likely N-dealkylation sites (tertiary alicyclic amines) is 1. The van der Waals surface area contributed by atoms with E-state index in [4.69, 9.17) is 10.7 Å². The first kappa shape index (κ1) is 12.0. The van der Waals surface area contributed by atoms with Gasteiger partial charge in [-0.15, -0.1) is 0 Å². The molecule has 1 saturated heterocycles. The van der Waals surface area contributed by atoms with Gasteiger partial charge in [0, 0.05) is 29.5 Å². The smallest absolute Gasteiger partial charge is 0.270 e. The largest absolute Gasteiger partial charge is 0.356 e. The average Bonchev–Trinajstić information content (AvgIpc) is 3.02. The Morgan fingerprint density at radius 2 is 2.22 bits per heavy atom. The molecule has 1 amide bonds. The highest BCUT2D eigenvalue weighted by atomic mass is 35.7. The van der Waals surface area contributed by atoms with Crippen molar-refractivity contribution in [1.82, 2.24) is 9.88 Å². The van der Waals surface area contributed by atoms with Crippen molar-refractivity contribution in [2.24, 2.45) is 5.92 Å². The van der Waals surface area contributed by atoms with Crippen molar-refractivity contribution < 1.29 is 13.2 Å². The van der Waals surface area contributed by atoms with Crippen LogP contribution in [0.2, 0.25) is 0 Å². The van der Waals surface area contributed by atoms with Crippen LogP contribution in [-0.4, -0.2) is 36.8 Å². The van der Waals surface area contributed by atoms with Crippen LogP contribution in [0, 0.1) is 5.92 Å². The quantitative estimate of drug-likeness (QED) is 0.840. The zero-order chi connectivity index (χ0) is 12.9. The standard InChI is InChI=1S/C11H13ClN2O3S/c12-18(16,17)9-4-10(13-5-9)11(15)14-6-7-1-2-8(14)3-7/h4-5,7-8,13H,1-3,6H2. The maximum Gasteiger partial charge on any atom is 0.270 e. The minimum atomic E-state index is -3.78. The lowest BCUT2D eigenvalue weighted by atomic mass is 10.1. The first-order valence-electron chi connectivity index (χ1n) is 5.89. The molecule has 98 valence electrons. The molecular weight excluding hydrogens is 276 g/mol. The van der Waals surface area contributed by atoms with Crippen molar-refractivity contribution in [1.29, 1.82) is 0 Å². The lowest BCUT2D eigenvalue weighted by molar-refractivity contribution is 0.0698. The van der Waals surface area contributed by atoms with Gasteiger partial charge < -0.3 is 9.88 Å². The number of piperidine rings is 1. The van der Waals surface area contributed by atoms with Crippen LogP contribution in [0.1, 0.15) is 29.8 Å². The van der Waals surface area contributed by atoms with Crippen molar-refractivity contribution in [2.45, 2.75) is 30.2 Å². The Morgan fingerprint density at radius 3 is 2.72 bits per heavy atom. The van der Waals surface area contributed by atoms with Gasteiger partial charge in [0.15, 0.2) is 0 Å². The molecule has 18 heavy (non-hydrogen) atoms. The predicted molar refractivity (Wildman–Crippen MR) is 66.0 cm³/mol. The molecule has 2 fully saturated rings. The van der Waals surface area contributed by atoms with Crippen molar-refractivity contribution in [2.75, 3.05) is 6.54 Å². The average molecular weight is 289 g/mol. The van der Waals surface area contributed by atoms with E-state index in [1.165, 1.54) is 18.7 Å². The second-order valence-corrected chi connectivity index (χ2v) is 7.54. The Labute approximate surface area is 110 Å². The lowest BCUT2D eigenvalue weighted by Crippen LogP contribution is -2.37. The van der Waals surface area contributed by atoms with Crippen molar-refractivity contribution in [3.63, 3.8) is 0 Å². The van der Waals surface area contributed by atoms with E-state index in [1.807, 2.05) is 4.90 Å². The molecular formula is C11H13ClN2O3S. The van der Waals surface area contributed by atoms with Crippen LogP contribution in [0.5, 0.6) is 0 Å². The summed E-state index contributed by atoms with van der Waals surface area (Å²) in [6.45, 7) is 0.783. The summed E-state index contributed by atoms with van der Waals surface area (Å²) < 4.78 is 22.3. The van der Waals surface area contributed by atoms with Crippen LogP contribution in [0.3, 0.4) is 0 Å². The van der Waals surface area contributed by atoms with Crippen molar-refractivity contribution in [3.05, 3.63) is 18.0 Å². The fourth-order valence-electron chi connectivity index (χ4n) is 2.97. The molecule has 1 saturated carbocycles. The van der Waals surface area contributed by atoms with Gasteiger partial charge in [-0.1, -0.05) is 0 Å². The monoisotopic (exact) mass is 288 g/mol. The highest BCUT2D eigenvalue weighted by Gasteiger charge is 2.40. The number of hydrogen-bond acceptors (Lipinski definition) is 3. The fraction of sp³-hybridized carbons (Fsp3) is 0.545. The number of halogens is 1. The maximum atomic E-state index is 12.2. The molecule has 1 N–H and O–H groups in total. The molecule has 5 nitrogen and oxygen atoms in total. The van der Waals surface area contributed by atoms with Gasteiger partial charge in [0.2, 0.25) is 0 Å². The summed E-state index contributed by atoms with van der Waals surface area (Å²) in [7, 11) is 1.45. The van der Waals surface area contributed by atoms with E-state index >= 15 is 0 Å². The van der Waals surface area contributed by atoms with E-state index in [-0.39, 0.29) is 10.8 Å². The minimum absolute atomic E-state index is 0.0585. The Kier molecular flexibility index (Phi) is 2.67. The van der Waals surface area contributed by atoms with Crippen LogP contribution in [0.25, 0.3) is 0 Å². The first-order valence-corrected chi connectivity index (χ1v) is 8.20. The van der Waals surface area contributed by atoms with Gasteiger partial charge in [0.1, 0.15) is 10.6 Å². The van der Waals surface area contributed by atoms with E-state index in [1.54, 1.807) is 0 Å². The van der Waals surface area contributed by atoms with Crippen molar-refractivity contribution in [3.8, 4) is 0 Å². The normalized spacial score (nSPS) is 26.8. The number of H-pyrrole nitrogens is 1. The molecule has 1 aromatic rings. The zero-order valence-electron chi connectivity index (χ0n) is 9.60. The third-order valence-corrected chi connectivity index (χ3v) is 5.17. The Balaban J connectivity index is 1.83. The Bertz CT molecular complexity index is 595. The number of aromatic nitrogens is 1. The van der Waals surface area contributed by atoms with E-state index in [0.717, 1.165) is 19.4 Å². The van der Waals surface area contributed by atoms with Gasteiger partial charge in [0.25, 0.3) is 15.0 Å². The Hall–Kier alpha value is -1.01. The number of aromatic amines is 1. The lowest BCUT2D eigenvalue weighted by Gasteiger charge is -2.26. The van der Waals surface area contributed by atoms with Crippen LogP contribution >= 0.6 is 10.7 Å². The van der Waals surface area contributed by atoms with E-state index in [9.17, 15) is 13.2 Å². The van der Waals surface area contributed by atoms with Gasteiger partial charge >= 0.3 is 0 Å². The summed E-state index contributed by atoms with van der Waals surface area (Å²) in [5, 5.41) is 0. The number of nitrogens with one attached hydrogen (secondary N) is 1. The summed E-state index contributed by atoms with van der Waals surface area (Å²) in [4.78, 5) is 16.7. The van der Waals surface area contributed by atoms with Crippen LogP contribution in [-0.2, 0) is 9.05 Å². The van der Waals surface area contributed by atoms with Gasteiger partial charge in [-0.3, -0.25) is 4.79 Å². The number of nitrogens with zero attached hydrogens (tertiary/aromatic N) is 1. The summed E-state index contributed by atoms with van der Waals surface area (Å²) in [6.07, 6.45) is 4.58. The summed E-state index contributed by atoms with van der Waals surface area (Å²) in [6, 6.07) is 1.62. The molecule has 7 heteroatoms. The Morgan fingerprint density at radius 1 is 1.44 bits per heavy atom. The highest BCUT2D eigenvalue weighted by Crippen LogP contribution is 2.38. The molecule has 2 heterocycles. The molecule has 2 unspecified atom stereocenters. The molecule has 3 rings (SSSR count). The van der Waals surface area contributed by atoms with Crippen LogP contribution < -0.4 is 0 Å². The van der Waals surface area contributed by atoms with Gasteiger partial charge in [-0.05, 0) is 31.2 Å². The third-order valence-electron chi connectivity index (χ3n) is 3.84. The minimum Gasteiger partial charge on any atom is -0.356 e. The molecule has 1 aliphatic carbocycles. The second kappa shape index (κ2) is 3.99. The maximum absolute atomic E-state index is 12.2. The SMILES string of the molecule is O=C(c1cc(S(=O)(=O)Cl)c[nH]1)N1CC2CCC1C2. The summed E-state index contributed by atoms with van der Waals surface area (Å²) in [5.41, 5.74) is 0.293. The number of hydrogen-bond donors (Lipinski definition) is 1. The van der Waals surface area contributed by atoms with Crippen LogP contribution in [0.4, 0.5) is 0 Å². The zero-order valence-corrected chi connectivity index (χ0v) is 11.2. The molecule has 1 aromatic heterocycles. The van der Waals surface area contributed by atoms with Gasteiger partial charge in [0.05, 0.1) is 0 Å². The van der Waals surface area contributed by atoms with Crippen molar-refractivity contribution >= 4 is 25.6 Å². The molecule has 1 aliphatic heterocycles. The third kappa shape index (κ3) is 1.93. The summed E-state index contributed by atoms with van der Waals surface area (Å²) >= 11 is 0. The number of amides is 1. The molecule has 0 radical (unpaired) electrons. The van der Waals surface area contributed by atoms with E-state index in [2.05, 4.69) is 4.98 Å². The number of carbonyl (C=O) groups excluding carboxylic acids is 1. The fourth-order valence-corrected chi connectivity index (χ4v) is 3.69. The second-order valence-electron chi connectivity index (χ2n) is 4.98. The van der Waals surface area contributed by atoms with Crippen LogP contribution in [0.15, 0.2) is 17.2 Å². The number of fused-ring (bicyclic) bond motifs is 2. The molecule has 0 spiro atoms. The molecule has 2 aliphatic rings. The van der Waals surface area contributed by atoms with E-state index in [0.29, 0.717) is 17.7 Å². The van der Waals surface area contributed by atoms with Gasteiger partial charge in [-0.2, -0.15) is 0 Å². The highest BCUT2D eigenvalue weighted by molar-refractivity contribution is 8.13. The molecule has 2 atom stereocenters. The molecule has 2 bridgehead atoms. The first-order chi connectivity index (χ1) is 8.45. The number of carbonyl (C=O) groups is 1. The predicted octanol–water partition coefficient (Wildman–Crippen LogP) is 1.57.